The van der Waals surface area contributed by atoms with Crippen molar-refractivity contribution in [1.82, 2.24) is 0 Å². The van der Waals surface area contributed by atoms with Crippen LogP contribution in [0.25, 0.3) is 0 Å². The number of aliphatic hydroxyl groups is 3. The highest BCUT2D eigenvalue weighted by Gasteiger charge is 2.67. The van der Waals surface area contributed by atoms with E-state index in [1.807, 2.05) is 0 Å². The lowest BCUT2D eigenvalue weighted by molar-refractivity contribution is -0.264. The predicted molar refractivity (Wildman–Crippen MR) is 122 cm³/mol. The second kappa shape index (κ2) is 8.03. The Balaban J connectivity index is 1.53. The maximum Gasteiger partial charge on any atom is 0.0985 e. The maximum absolute atomic E-state index is 11.6. The van der Waals surface area contributed by atoms with Crippen molar-refractivity contribution in [3.8, 4) is 0 Å². The van der Waals surface area contributed by atoms with Crippen molar-refractivity contribution >= 4 is 0 Å². The molecule has 4 aliphatic carbocycles. The average molecular weight is 421 g/mol. The summed E-state index contributed by atoms with van der Waals surface area (Å²) in [5.74, 6) is 4.13. The van der Waals surface area contributed by atoms with Crippen molar-refractivity contribution in [2.24, 2.45) is 46.3 Å². The summed E-state index contributed by atoms with van der Waals surface area (Å²) in [6.07, 6.45) is 10.7. The first-order valence-electron chi connectivity index (χ1n) is 13.1. The molecule has 0 bridgehead atoms. The Labute approximate surface area is 185 Å². The van der Waals surface area contributed by atoms with Gasteiger partial charge in [0.15, 0.2) is 0 Å². The molecule has 4 saturated carbocycles. The van der Waals surface area contributed by atoms with Gasteiger partial charge in [-0.1, -0.05) is 53.9 Å². The van der Waals surface area contributed by atoms with Gasteiger partial charge in [0.2, 0.25) is 0 Å². The maximum atomic E-state index is 11.6. The summed E-state index contributed by atoms with van der Waals surface area (Å²) in [5.41, 5.74) is -0.962. The van der Waals surface area contributed by atoms with Crippen molar-refractivity contribution in [3.63, 3.8) is 0 Å². The van der Waals surface area contributed by atoms with Gasteiger partial charge in [-0.15, -0.1) is 0 Å². The number of hydrogen-bond donors (Lipinski definition) is 3. The van der Waals surface area contributed by atoms with Crippen molar-refractivity contribution in [2.45, 2.75) is 123 Å². The first kappa shape index (κ1) is 23.1. The van der Waals surface area contributed by atoms with Crippen LogP contribution in [0.4, 0.5) is 0 Å². The molecule has 30 heavy (non-hydrogen) atoms. The summed E-state index contributed by atoms with van der Waals surface area (Å²) in [4.78, 5) is 0. The van der Waals surface area contributed by atoms with E-state index >= 15 is 0 Å². The molecule has 0 aromatic rings. The van der Waals surface area contributed by atoms with Crippen molar-refractivity contribution < 1.29 is 15.3 Å². The quantitative estimate of drug-likeness (QED) is 0.546. The predicted octanol–water partition coefficient (Wildman–Crippen LogP) is 5.55. The van der Waals surface area contributed by atoms with E-state index in [1.165, 1.54) is 44.9 Å². The highest BCUT2D eigenvalue weighted by Crippen LogP contribution is 2.69. The van der Waals surface area contributed by atoms with E-state index in [4.69, 9.17) is 0 Å². The summed E-state index contributed by atoms with van der Waals surface area (Å²) in [6.45, 7) is 12.0. The van der Waals surface area contributed by atoms with Crippen LogP contribution in [-0.2, 0) is 0 Å². The van der Waals surface area contributed by atoms with Crippen molar-refractivity contribution in [1.29, 1.82) is 0 Å². The zero-order valence-electron chi connectivity index (χ0n) is 20.2. The molecular weight excluding hydrogens is 372 g/mol. The van der Waals surface area contributed by atoms with Gasteiger partial charge < -0.3 is 15.3 Å². The molecule has 4 fully saturated rings. The SMILES string of the molecule is CC(C)CCCC(C)[C@H]1CC[C@H]2[C@@H]3C[C@@H](O)[C@@]4(O)C[C@@H](O)CC[C@]4(C)[C@H]3CC[C@]12C. The Morgan fingerprint density at radius 3 is 2.33 bits per heavy atom. The van der Waals surface area contributed by atoms with Crippen LogP contribution in [0, 0.1) is 46.3 Å². The highest BCUT2D eigenvalue weighted by molar-refractivity contribution is 5.17. The lowest BCUT2D eigenvalue weighted by atomic mass is 9.42. The topological polar surface area (TPSA) is 60.7 Å². The second-order valence-corrected chi connectivity index (χ2v) is 12.9. The van der Waals surface area contributed by atoms with Crippen LogP contribution in [0.2, 0.25) is 0 Å². The van der Waals surface area contributed by atoms with Crippen LogP contribution in [0.15, 0.2) is 0 Å². The summed E-state index contributed by atoms with van der Waals surface area (Å²) in [5, 5.41) is 33.0. The van der Waals surface area contributed by atoms with Gasteiger partial charge in [-0.25, -0.2) is 0 Å². The largest absolute Gasteiger partial charge is 0.393 e. The van der Waals surface area contributed by atoms with Gasteiger partial charge in [-0.05, 0) is 85.9 Å². The van der Waals surface area contributed by atoms with Gasteiger partial charge in [-0.2, -0.15) is 0 Å². The molecule has 1 unspecified atom stereocenters. The molecule has 4 rings (SSSR count). The molecule has 10 atom stereocenters. The third kappa shape index (κ3) is 3.41. The molecule has 0 aliphatic heterocycles. The number of hydrogen-bond acceptors (Lipinski definition) is 3. The van der Waals surface area contributed by atoms with Crippen molar-refractivity contribution in [3.05, 3.63) is 0 Å². The minimum atomic E-state index is -1.11. The summed E-state index contributed by atoms with van der Waals surface area (Å²) in [7, 11) is 0. The van der Waals surface area contributed by atoms with Crippen molar-refractivity contribution in [2.75, 3.05) is 0 Å². The summed E-state index contributed by atoms with van der Waals surface area (Å²) < 4.78 is 0. The first-order chi connectivity index (χ1) is 14.0. The van der Waals surface area contributed by atoms with Gasteiger partial charge in [0, 0.05) is 11.8 Å². The van der Waals surface area contributed by atoms with Gasteiger partial charge in [0.05, 0.1) is 17.8 Å². The molecule has 0 amide bonds. The van der Waals surface area contributed by atoms with Gasteiger partial charge in [0.25, 0.3) is 0 Å². The molecule has 0 saturated heterocycles. The zero-order valence-corrected chi connectivity index (χ0v) is 20.2. The molecule has 0 aromatic heterocycles. The molecule has 3 heteroatoms. The standard InChI is InChI=1S/C27H48O3/c1-17(2)7-6-8-18(3)21-9-10-22-20-15-24(29)27(30)16-19(28)11-14-26(27,5)23(20)12-13-25(21,22)4/h17-24,28-30H,6-16H2,1-5H3/t18?,19-,20-,21+,22-,23-,24+,25+,26+,27-/m0/s1. The monoisotopic (exact) mass is 420 g/mol. The third-order valence-corrected chi connectivity index (χ3v) is 11.0. The van der Waals surface area contributed by atoms with Gasteiger partial charge >= 0.3 is 0 Å². The molecule has 3 N–H and O–H groups in total. The molecule has 0 radical (unpaired) electrons. The average Bonchev–Trinajstić information content (AvgIpc) is 3.01. The lowest BCUT2D eigenvalue weighted by Gasteiger charge is -2.65. The van der Waals surface area contributed by atoms with E-state index in [0.717, 1.165) is 37.0 Å². The van der Waals surface area contributed by atoms with E-state index in [1.54, 1.807) is 0 Å². The van der Waals surface area contributed by atoms with Gasteiger partial charge in [0.1, 0.15) is 0 Å². The fourth-order valence-electron chi connectivity index (χ4n) is 9.29. The van der Waals surface area contributed by atoms with E-state index in [2.05, 4.69) is 34.6 Å². The van der Waals surface area contributed by atoms with Gasteiger partial charge in [-0.3, -0.25) is 0 Å². The first-order valence-corrected chi connectivity index (χ1v) is 13.1. The Morgan fingerprint density at radius 2 is 1.63 bits per heavy atom. The number of rotatable bonds is 5. The van der Waals surface area contributed by atoms with Crippen LogP contribution in [-0.4, -0.2) is 33.1 Å². The van der Waals surface area contributed by atoms with Crippen LogP contribution >= 0.6 is 0 Å². The van der Waals surface area contributed by atoms with E-state index < -0.39 is 17.8 Å². The molecule has 4 aliphatic rings. The Hall–Kier alpha value is -0.120. The van der Waals surface area contributed by atoms with Crippen LogP contribution in [0.5, 0.6) is 0 Å². The normalized spacial score (nSPS) is 51.9. The fourth-order valence-corrected chi connectivity index (χ4v) is 9.29. The minimum absolute atomic E-state index is 0.253. The summed E-state index contributed by atoms with van der Waals surface area (Å²) >= 11 is 0. The summed E-state index contributed by atoms with van der Waals surface area (Å²) in [6, 6.07) is 0. The lowest BCUT2D eigenvalue weighted by Crippen LogP contribution is -2.68. The van der Waals surface area contributed by atoms with E-state index in [9.17, 15) is 15.3 Å². The van der Waals surface area contributed by atoms with E-state index in [0.29, 0.717) is 29.6 Å². The molecule has 174 valence electrons. The van der Waals surface area contributed by atoms with E-state index in [-0.39, 0.29) is 5.41 Å². The smallest absolute Gasteiger partial charge is 0.0985 e. The molecule has 0 aromatic carbocycles. The third-order valence-electron chi connectivity index (χ3n) is 11.0. The number of aliphatic hydroxyl groups excluding tert-OH is 2. The molecule has 3 nitrogen and oxygen atoms in total. The zero-order chi connectivity index (χ0) is 21.9. The van der Waals surface area contributed by atoms with Crippen LogP contribution in [0.1, 0.15) is 105 Å². The highest BCUT2D eigenvalue weighted by atomic mass is 16.3. The van der Waals surface area contributed by atoms with Crippen LogP contribution in [0.3, 0.4) is 0 Å². The number of fused-ring (bicyclic) bond motifs is 5. The molecule has 0 heterocycles. The Kier molecular flexibility index (Phi) is 6.17. The second-order valence-electron chi connectivity index (χ2n) is 12.9. The minimum Gasteiger partial charge on any atom is -0.393 e. The fraction of sp³-hybridized carbons (Fsp3) is 1.00. The molecular formula is C27H48O3. The molecule has 0 spiro atoms. The Bertz CT molecular complexity index is 619. The Morgan fingerprint density at radius 1 is 0.900 bits per heavy atom. The van der Waals surface area contributed by atoms with Crippen LogP contribution < -0.4 is 0 Å².